The molecule has 0 saturated carbocycles. The second-order valence-corrected chi connectivity index (χ2v) is 10.1. The Morgan fingerprint density at radius 3 is 1.58 bits per heavy atom. The number of ether oxygens (including phenoxy) is 4. The van der Waals surface area contributed by atoms with E-state index in [1.807, 2.05) is 0 Å². The van der Waals surface area contributed by atoms with E-state index in [1.54, 1.807) is 42.5 Å². The van der Waals surface area contributed by atoms with Crippen molar-refractivity contribution in [3.05, 3.63) is 71.5 Å². The largest absolute Gasteiger partial charge is 0.508 e. The summed E-state index contributed by atoms with van der Waals surface area (Å²) in [4.78, 5) is 37.0. The Kier molecular flexibility index (Phi) is 16.1. The van der Waals surface area contributed by atoms with Crippen LogP contribution in [0.5, 0.6) is 23.0 Å². The minimum atomic E-state index is -0.779. The van der Waals surface area contributed by atoms with Gasteiger partial charge in [-0.3, -0.25) is 4.79 Å². The van der Waals surface area contributed by atoms with Gasteiger partial charge in [0.25, 0.3) is 0 Å². The van der Waals surface area contributed by atoms with Crippen molar-refractivity contribution in [3.63, 3.8) is 0 Å². The Morgan fingerprint density at radius 2 is 1.16 bits per heavy atom. The van der Waals surface area contributed by atoms with Crippen LogP contribution in [-0.2, 0) is 14.4 Å². The average Bonchev–Trinajstić information content (AvgIpc) is 3.03. The molecule has 0 saturated heterocycles. The van der Waals surface area contributed by atoms with Gasteiger partial charge in [-0.25, -0.2) is 9.59 Å². The fraction of sp³-hybridized carbons (Fsp3) is 0.364. The Morgan fingerprint density at radius 1 is 0.711 bits per heavy atom. The molecule has 12 nitrogen and oxygen atoms in total. The van der Waals surface area contributed by atoms with E-state index in [2.05, 4.69) is 0 Å². The van der Waals surface area contributed by atoms with Crippen molar-refractivity contribution in [1.82, 2.24) is 0 Å². The van der Waals surface area contributed by atoms with Crippen LogP contribution in [-0.4, -0.2) is 62.2 Å². The van der Waals surface area contributed by atoms with Gasteiger partial charge in [-0.2, -0.15) is 0 Å². The lowest BCUT2D eigenvalue weighted by Gasteiger charge is -2.13. The number of aliphatic hydroxyl groups is 1. The summed E-state index contributed by atoms with van der Waals surface area (Å²) in [6, 6.07) is 8.04. The van der Waals surface area contributed by atoms with Crippen molar-refractivity contribution in [2.75, 3.05) is 27.3 Å². The Bertz CT molecular complexity index is 1370. The zero-order valence-electron chi connectivity index (χ0n) is 25.8. The number of hydrogen-bond donors (Lipinski definition) is 5. The number of esters is 2. The van der Waals surface area contributed by atoms with E-state index < -0.39 is 29.8 Å². The van der Waals surface area contributed by atoms with Gasteiger partial charge < -0.3 is 47.0 Å². The highest BCUT2D eigenvalue weighted by Gasteiger charge is 2.19. The first-order valence-electron chi connectivity index (χ1n) is 14.6. The van der Waals surface area contributed by atoms with Crippen LogP contribution < -0.4 is 41.9 Å². The second kappa shape index (κ2) is 19.7. The summed E-state index contributed by atoms with van der Waals surface area (Å²) >= 11 is 0. The van der Waals surface area contributed by atoms with Crippen molar-refractivity contribution < 1.29 is 38.4 Å². The minimum absolute atomic E-state index is 0.202. The van der Waals surface area contributed by atoms with E-state index in [9.17, 15) is 19.5 Å². The lowest BCUT2D eigenvalue weighted by Crippen LogP contribution is -2.34. The van der Waals surface area contributed by atoms with Crippen LogP contribution in [0.15, 0.2) is 60.4 Å². The molecule has 12 heteroatoms. The summed E-state index contributed by atoms with van der Waals surface area (Å²) in [7, 11) is 2.86. The highest BCUT2D eigenvalue weighted by atomic mass is 16.6. The standard InChI is InChI=1S/C33H44N4O8/c1-42-30-19-22(11-15-28(30)44-32(40)26(36)7-3-5-17-34)9-13-24(38)21-25(39)14-10-23-12-16-29(31(20-23)43-2)45-33(41)27(37)8-4-6-18-35/h9-16,19-21,26-27,38H,3-8,17-18,34-37H2,1-2H3/b13-9+,14-10+,24-21-. The van der Waals surface area contributed by atoms with Crippen LogP contribution in [0.25, 0.3) is 12.2 Å². The number of carbonyl (C=O) groups excluding carboxylic acids is 3. The minimum Gasteiger partial charge on any atom is -0.508 e. The smallest absolute Gasteiger partial charge is 0.328 e. The van der Waals surface area contributed by atoms with E-state index in [1.165, 1.54) is 32.4 Å². The molecule has 0 bridgehead atoms. The molecule has 0 radical (unpaired) electrons. The summed E-state index contributed by atoms with van der Waals surface area (Å²) in [6.07, 6.45) is 10.6. The van der Waals surface area contributed by atoms with Gasteiger partial charge in [-0.1, -0.05) is 37.1 Å². The fourth-order valence-electron chi connectivity index (χ4n) is 3.97. The molecule has 2 unspecified atom stereocenters. The topological polar surface area (TPSA) is 212 Å². The van der Waals surface area contributed by atoms with Gasteiger partial charge in [0.2, 0.25) is 0 Å². The SMILES string of the molecule is COc1cc(/C=C/C(=O)/C=C(O)/C=C/c2ccc(OC(=O)C(N)CCCCN)c(OC)c2)ccc1OC(=O)C(N)CCCCN. The molecule has 2 aromatic carbocycles. The zero-order valence-corrected chi connectivity index (χ0v) is 25.8. The number of rotatable bonds is 19. The highest BCUT2D eigenvalue weighted by molar-refractivity contribution is 6.02. The van der Waals surface area contributed by atoms with Crippen LogP contribution in [0.1, 0.15) is 49.7 Å². The third kappa shape index (κ3) is 13.0. The Hall–Kier alpha value is -4.49. The predicted molar refractivity (Wildman–Crippen MR) is 173 cm³/mol. The molecule has 0 amide bonds. The molecule has 0 heterocycles. The van der Waals surface area contributed by atoms with Crippen molar-refractivity contribution in [2.45, 2.75) is 50.6 Å². The molecule has 0 aromatic heterocycles. The monoisotopic (exact) mass is 624 g/mol. The number of benzene rings is 2. The van der Waals surface area contributed by atoms with Gasteiger partial charge in [0.15, 0.2) is 28.8 Å². The number of carbonyl (C=O) groups is 3. The van der Waals surface area contributed by atoms with Gasteiger partial charge in [-0.05, 0) is 86.3 Å². The number of nitrogens with two attached hydrogens (primary N) is 4. The number of allylic oxidation sites excluding steroid dienone is 3. The molecule has 9 N–H and O–H groups in total. The third-order valence-corrected chi connectivity index (χ3v) is 6.52. The lowest BCUT2D eigenvalue weighted by atomic mass is 10.1. The molecule has 244 valence electrons. The van der Waals surface area contributed by atoms with E-state index in [0.29, 0.717) is 49.2 Å². The molecule has 0 aliphatic heterocycles. The number of ketones is 1. The number of methoxy groups -OCH3 is 2. The summed E-state index contributed by atoms with van der Waals surface area (Å²) in [5.41, 5.74) is 24.0. The molecule has 2 rings (SSSR count). The van der Waals surface area contributed by atoms with Crippen LogP contribution >= 0.6 is 0 Å². The van der Waals surface area contributed by atoms with Crippen LogP contribution in [0.3, 0.4) is 0 Å². The molecule has 2 aromatic rings. The Balaban J connectivity index is 2.01. The predicted octanol–water partition coefficient (Wildman–Crippen LogP) is 3.16. The summed E-state index contributed by atoms with van der Waals surface area (Å²) in [5, 5.41) is 10.3. The quantitative estimate of drug-likeness (QED) is 0.0381. The fourth-order valence-corrected chi connectivity index (χ4v) is 3.97. The second-order valence-electron chi connectivity index (χ2n) is 10.1. The van der Waals surface area contributed by atoms with E-state index in [0.717, 1.165) is 25.3 Å². The van der Waals surface area contributed by atoms with Gasteiger partial charge in [0, 0.05) is 6.08 Å². The first-order chi connectivity index (χ1) is 21.6. The number of aliphatic hydroxyl groups excluding tert-OH is 1. The molecule has 0 fully saturated rings. The molecular weight excluding hydrogens is 580 g/mol. The number of unbranched alkanes of at least 4 members (excludes halogenated alkanes) is 2. The summed E-state index contributed by atoms with van der Waals surface area (Å²) in [6.45, 7) is 1.05. The maximum Gasteiger partial charge on any atom is 0.328 e. The average molecular weight is 625 g/mol. The molecule has 0 aliphatic carbocycles. The van der Waals surface area contributed by atoms with E-state index >= 15 is 0 Å². The van der Waals surface area contributed by atoms with Crippen molar-refractivity contribution >= 4 is 29.9 Å². The van der Waals surface area contributed by atoms with Crippen molar-refractivity contribution in [3.8, 4) is 23.0 Å². The molecular formula is C33H44N4O8. The zero-order chi connectivity index (χ0) is 33.2. The molecule has 45 heavy (non-hydrogen) atoms. The van der Waals surface area contributed by atoms with Crippen LogP contribution in [0.2, 0.25) is 0 Å². The summed E-state index contributed by atoms with van der Waals surface area (Å²) in [5.74, 6) is -0.925. The summed E-state index contributed by atoms with van der Waals surface area (Å²) < 4.78 is 21.4. The van der Waals surface area contributed by atoms with Gasteiger partial charge in [0.1, 0.15) is 17.8 Å². The molecule has 0 aliphatic rings. The van der Waals surface area contributed by atoms with Crippen molar-refractivity contribution in [2.24, 2.45) is 22.9 Å². The van der Waals surface area contributed by atoms with Gasteiger partial charge in [0.05, 0.1) is 14.2 Å². The van der Waals surface area contributed by atoms with E-state index in [-0.39, 0.29) is 23.0 Å². The third-order valence-electron chi connectivity index (χ3n) is 6.52. The molecule has 0 spiro atoms. The van der Waals surface area contributed by atoms with Gasteiger partial charge >= 0.3 is 11.9 Å². The van der Waals surface area contributed by atoms with Crippen LogP contribution in [0, 0.1) is 0 Å². The van der Waals surface area contributed by atoms with Gasteiger partial charge in [-0.15, -0.1) is 0 Å². The highest BCUT2D eigenvalue weighted by Crippen LogP contribution is 2.30. The first-order valence-corrected chi connectivity index (χ1v) is 14.6. The maximum absolute atomic E-state index is 12.4. The van der Waals surface area contributed by atoms with Crippen LogP contribution in [0.4, 0.5) is 0 Å². The van der Waals surface area contributed by atoms with Crippen molar-refractivity contribution in [1.29, 1.82) is 0 Å². The molecule has 2 atom stereocenters. The van der Waals surface area contributed by atoms with E-state index in [4.69, 9.17) is 41.9 Å². The Labute approximate surface area is 263 Å². The maximum atomic E-state index is 12.4. The normalized spacial score (nSPS) is 13.1. The lowest BCUT2D eigenvalue weighted by molar-refractivity contribution is -0.137. The number of hydrogen-bond acceptors (Lipinski definition) is 12. The first kappa shape index (κ1) is 36.7.